The minimum atomic E-state index is -4.40. The molecule has 0 spiro atoms. The van der Waals surface area contributed by atoms with Crippen LogP contribution in [0, 0.1) is 0 Å². The molecule has 0 amide bonds. The normalized spacial score (nSPS) is 14.4. The van der Waals surface area contributed by atoms with Gasteiger partial charge in [-0.25, -0.2) is 4.57 Å². The lowest BCUT2D eigenvalue weighted by atomic mass is 9.90. The third kappa shape index (κ3) is 4.73. The first-order chi connectivity index (χ1) is 10.7. The highest BCUT2D eigenvalue weighted by atomic mass is 32.7. The van der Waals surface area contributed by atoms with Crippen molar-refractivity contribution >= 4 is 18.2 Å². The summed E-state index contributed by atoms with van der Waals surface area (Å²) < 4.78 is 11.2. The topological polar surface area (TPSA) is 118 Å². The van der Waals surface area contributed by atoms with Crippen molar-refractivity contribution in [2.75, 3.05) is 0 Å². The van der Waals surface area contributed by atoms with Crippen LogP contribution >= 0.6 is 18.2 Å². The van der Waals surface area contributed by atoms with Gasteiger partial charge >= 0.3 is 6.80 Å². The lowest BCUT2D eigenvalue weighted by Gasteiger charge is -2.22. The van der Waals surface area contributed by atoms with Crippen LogP contribution in [0.15, 0.2) is 47.4 Å². The highest BCUT2D eigenvalue weighted by Crippen LogP contribution is 2.56. The van der Waals surface area contributed by atoms with Crippen LogP contribution < -0.4 is 0 Å². The summed E-state index contributed by atoms with van der Waals surface area (Å²) in [4.78, 5) is 18.5. The van der Waals surface area contributed by atoms with Gasteiger partial charge in [0.25, 0.3) is 0 Å². The molecule has 0 heterocycles. The summed E-state index contributed by atoms with van der Waals surface area (Å²) in [5, 5.41) is 29.7. The summed E-state index contributed by atoms with van der Waals surface area (Å²) in [5.41, 5.74) is 0.877. The third-order valence-corrected chi connectivity index (χ3v) is 5.51. The number of hydrogen-bond acceptors (Lipinski definition) is 5. The molecule has 0 radical (unpaired) electrons. The maximum absolute atomic E-state index is 11.2. The van der Waals surface area contributed by atoms with Crippen molar-refractivity contribution in [3.05, 3.63) is 53.6 Å². The van der Waals surface area contributed by atoms with E-state index in [1.54, 1.807) is 19.1 Å². The Bertz CT molecular complexity index is 744. The van der Waals surface area contributed by atoms with Crippen molar-refractivity contribution in [2.45, 2.75) is 23.8 Å². The SMILES string of the molecule is CC(c1cccc(O)c1)C(O)c1cc(O)ccc1SP(=O)(O)O. The molecule has 0 aliphatic carbocycles. The van der Waals surface area contributed by atoms with Gasteiger partial charge in [-0.1, -0.05) is 19.1 Å². The van der Waals surface area contributed by atoms with Crippen LogP contribution in [0.4, 0.5) is 0 Å². The third-order valence-electron chi connectivity index (χ3n) is 3.40. The molecule has 0 bridgehead atoms. The lowest BCUT2D eigenvalue weighted by molar-refractivity contribution is 0.148. The number of phenols is 2. The van der Waals surface area contributed by atoms with Gasteiger partial charge in [-0.15, -0.1) is 0 Å². The predicted octanol–water partition coefficient (Wildman–Crippen LogP) is 3.12. The Kier molecular flexibility index (Phi) is 5.39. The largest absolute Gasteiger partial charge is 0.508 e. The van der Waals surface area contributed by atoms with Crippen molar-refractivity contribution < 1.29 is 29.7 Å². The minimum Gasteiger partial charge on any atom is -0.508 e. The molecule has 23 heavy (non-hydrogen) atoms. The molecule has 2 unspecified atom stereocenters. The standard InChI is InChI=1S/C15H17O6PS/c1-9(10-3-2-4-11(16)7-10)15(18)13-8-12(17)5-6-14(13)23-22(19,20)21/h2-9,15-18H,1H3,(H2,19,20,21). The quantitative estimate of drug-likeness (QED) is 0.522. The molecule has 124 valence electrons. The molecular formula is C15H17O6PS. The molecule has 0 aromatic heterocycles. The van der Waals surface area contributed by atoms with E-state index in [9.17, 15) is 19.9 Å². The molecule has 0 saturated heterocycles. The highest BCUT2D eigenvalue weighted by molar-refractivity contribution is 8.54. The second kappa shape index (κ2) is 6.95. The van der Waals surface area contributed by atoms with Crippen molar-refractivity contribution in [1.82, 2.24) is 0 Å². The van der Waals surface area contributed by atoms with Crippen molar-refractivity contribution in [3.8, 4) is 11.5 Å². The van der Waals surface area contributed by atoms with E-state index in [1.165, 1.54) is 30.3 Å². The van der Waals surface area contributed by atoms with Crippen molar-refractivity contribution in [3.63, 3.8) is 0 Å². The Morgan fingerprint density at radius 1 is 1.04 bits per heavy atom. The van der Waals surface area contributed by atoms with E-state index < -0.39 is 18.8 Å². The van der Waals surface area contributed by atoms with Crippen molar-refractivity contribution in [1.29, 1.82) is 0 Å². The van der Waals surface area contributed by atoms with Gasteiger partial charge in [0.05, 0.1) is 6.10 Å². The number of hydrogen-bond donors (Lipinski definition) is 5. The van der Waals surface area contributed by atoms with E-state index in [0.29, 0.717) is 16.9 Å². The molecular weight excluding hydrogens is 339 g/mol. The van der Waals surface area contributed by atoms with Gasteiger partial charge < -0.3 is 25.1 Å². The van der Waals surface area contributed by atoms with Gasteiger partial charge in [0.1, 0.15) is 11.5 Å². The van der Waals surface area contributed by atoms with Gasteiger partial charge in [0.2, 0.25) is 0 Å². The van der Waals surface area contributed by atoms with Crippen LogP contribution in [0.5, 0.6) is 11.5 Å². The average molecular weight is 356 g/mol. The number of benzene rings is 2. The van der Waals surface area contributed by atoms with Crippen LogP contribution in [0.1, 0.15) is 30.1 Å². The van der Waals surface area contributed by atoms with Gasteiger partial charge in [-0.3, -0.25) is 0 Å². The van der Waals surface area contributed by atoms with Crippen LogP contribution in [0.3, 0.4) is 0 Å². The molecule has 6 nitrogen and oxygen atoms in total. The summed E-state index contributed by atoms with van der Waals surface area (Å²) in [6.07, 6.45) is -1.11. The maximum atomic E-state index is 11.2. The van der Waals surface area contributed by atoms with E-state index in [1.807, 2.05) is 0 Å². The molecule has 0 aliphatic heterocycles. The molecule has 5 N–H and O–H groups in total. The Morgan fingerprint density at radius 3 is 2.30 bits per heavy atom. The minimum absolute atomic E-state index is 0.0577. The van der Waals surface area contributed by atoms with Gasteiger partial charge in [0, 0.05) is 10.8 Å². The summed E-state index contributed by atoms with van der Waals surface area (Å²) in [6, 6.07) is 10.3. The van der Waals surface area contributed by atoms with Crippen LogP contribution in [0.2, 0.25) is 0 Å². The Morgan fingerprint density at radius 2 is 1.70 bits per heavy atom. The predicted molar refractivity (Wildman–Crippen MR) is 87.5 cm³/mol. The fraction of sp³-hybridized carbons (Fsp3) is 0.200. The first kappa shape index (κ1) is 17.8. The molecule has 8 heteroatoms. The smallest absolute Gasteiger partial charge is 0.388 e. The van der Waals surface area contributed by atoms with Crippen LogP contribution in [-0.2, 0) is 4.57 Å². The molecule has 2 aromatic carbocycles. The summed E-state index contributed by atoms with van der Waals surface area (Å²) in [5.74, 6) is -0.514. The Labute approximate surface area is 137 Å². The molecule has 0 aliphatic rings. The van der Waals surface area contributed by atoms with E-state index in [2.05, 4.69) is 0 Å². The highest BCUT2D eigenvalue weighted by Gasteiger charge is 2.25. The van der Waals surface area contributed by atoms with Gasteiger partial charge in [0.15, 0.2) is 0 Å². The maximum Gasteiger partial charge on any atom is 0.388 e. The van der Waals surface area contributed by atoms with E-state index in [-0.39, 0.29) is 22.0 Å². The first-order valence-corrected chi connectivity index (χ1v) is 9.76. The number of aromatic hydroxyl groups is 2. The molecule has 0 fully saturated rings. The second-order valence-corrected chi connectivity index (χ2v) is 8.71. The van der Waals surface area contributed by atoms with E-state index in [0.717, 1.165) is 0 Å². The van der Waals surface area contributed by atoms with Gasteiger partial charge in [-0.2, -0.15) is 0 Å². The number of aliphatic hydroxyl groups excluding tert-OH is 1. The molecule has 2 rings (SSSR count). The number of rotatable bonds is 5. The molecule has 0 saturated carbocycles. The Balaban J connectivity index is 2.39. The molecule has 2 atom stereocenters. The summed E-state index contributed by atoms with van der Waals surface area (Å²) >= 11 is 0.326. The van der Waals surface area contributed by atoms with Crippen LogP contribution in [-0.4, -0.2) is 25.1 Å². The van der Waals surface area contributed by atoms with Crippen LogP contribution in [0.25, 0.3) is 0 Å². The Hall–Kier alpha value is -1.50. The van der Waals surface area contributed by atoms with E-state index >= 15 is 0 Å². The fourth-order valence-corrected chi connectivity index (χ4v) is 4.18. The van der Waals surface area contributed by atoms with Gasteiger partial charge in [-0.05, 0) is 52.8 Å². The summed E-state index contributed by atoms with van der Waals surface area (Å²) in [6.45, 7) is -2.68. The number of aliphatic hydroxyl groups is 1. The van der Waals surface area contributed by atoms with Crippen molar-refractivity contribution in [2.24, 2.45) is 0 Å². The van der Waals surface area contributed by atoms with E-state index in [4.69, 9.17) is 9.79 Å². The average Bonchev–Trinajstić information content (AvgIpc) is 2.46. The summed E-state index contributed by atoms with van der Waals surface area (Å²) in [7, 11) is 0. The first-order valence-electron chi connectivity index (χ1n) is 6.72. The number of phenolic OH excluding ortho intramolecular Hbond substituents is 2. The zero-order chi connectivity index (χ0) is 17.2. The zero-order valence-electron chi connectivity index (χ0n) is 12.2. The second-order valence-electron chi connectivity index (χ2n) is 5.13. The lowest BCUT2D eigenvalue weighted by Crippen LogP contribution is -2.09. The molecule has 2 aromatic rings. The fourth-order valence-electron chi connectivity index (χ4n) is 2.24. The zero-order valence-corrected chi connectivity index (χ0v) is 13.9. The monoisotopic (exact) mass is 356 g/mol.